The summed E-state index contributed by atoms with van der Waals surface area (Å²) < 4.78 is 0. The van der Waals surface area contributed by atoms with Crippen molar-refractivity contribution in [2.24, 2.45) is 11.1 Å². The Kier molecular flexibility index (Phi) is 6.03. The van der Waals surface area contributed by atoms with E-state index in [0.717, 1.165) is 18.4 Å². The van der Waals surface area contributed by atoms with Gasteiger partial charge in [-0.05, 0) is 37.3 Å². The van der Waals surface area contributed by atoms with Crippen LogP contribution < -0.4 is 11.1 Å². The van der Waals surface area contributed by atoms with E-state index in [0.29, 0.717) is 13.0 Å². The molecular weight excluding hydrogens is 236 g/mol. The Bertz CT molecular complexity index is 387. The van der Waals surface area contributed by atoms with Crippen LogP contribution in [-0.4, -0.2) is 12.5 Å². The average Bonchev–Trinajstić information content (AvgIpc) is 2.37. The lowest BCUT2D eigenvalue weighted by molar-refractivity contribution is -0.122. The van der Waals surface area contributed by atoms with Gasteiger partial charge in [0.05, 0.1) is 6.04 Å². The predicted octanol–water partition coefficient (Wildman–Crippen LogP) is 3.02. The third kappa shape index (κ3) is 5.88. The van der Waals surface area contributed by atoms with E-state index in [2.05, 4.69) is 19.2 Å². The molecule has 0 fully saturated rings. The van der Waals surface area contributed by atoms with Crippen LogP contribution in [0.5, 0.6) is 0 Å². The Morgan fingerprint density at radius 2 is 1.89 bits per heavy atom. The number of nitrogens with two attached hydrogens (primary N) is 1. The van der Waals surface area contributed by atoms with E-state index < -0.39 is 0 Å². The fourth-order valence-corrected chi connectivity index (χ4v) is 2.11. The van der Waals surface area contributed by atoms with Crippen LogP contribution in [0.25, 0.3) is 0 Å². The molecule has 0 aliphatic carbocycles. The van der Waals surface area contributed by atoms with E-state index in [-0.39, 0.29) is 17.4 Å². The molecule has 1 rings (SSSR count). The van der Waals surface area contributed by atoms with E-state index in [1.54, 1.807) is 0 Å². The molecule has 1 atom stereocenters. The summed E-state index contributed by atoms with van der Waals surface area (Å²) in [7, 11) is 0. The second kappa shape index (κ2) is 7.29. The topological polar surface area (TPSA) is 55.1 Å². The van der Waals surface area contributed by atoms with Gasteiger partial charge in [0.1, 0.15) is 0 Å². The molecule has 0 aromatic heterocycles. The Hall–Kier alpha value is -1.35. The minimum atomic E-state index is 0.0614. The number of nitrogens with one attached hydrogen (secondary N) is 1. The van der Waals surface area contributed by atoms with Gasteiger partial charge in [-0.15, -0.1) is 0 Å². The molecule has 0 radical (unpaired) electrons. The molecule has 0 aliphatic rings. The van der Waals surface area contributed by atoms with Gasteiger partial charge in [0.2, 0.25) is 5.91 Å². The molecule has 0 saturated heterocycles. The first-order valence-corrected chi connectivity index (χ1v) is 6.99. The molecule has 0 heterocycles. The van der Waals surface area contributed by atoms with Crippen LogP contribution in [0.1, 0.15) is 51.6 Å². The molecule has 3 heteroatoms. The van der Waals surface area contributed by atoms with Gasteiger partial charge in [-0.2, -0.15) is 0 Å². The monoisotopic (exact) mass is 262 g/mol. The Morgan fingerprint density at radius 1 is 1.26 bits per heavy atom. The zero-order valence-electron chi connectivity index (χ0n) is 12.3. The van der Waals surface area contributed by atoms with Crippen molar-refractivity contribution in [2.45, 2.75) is 46.1 Å². The van der Waals surface area contributed by atoms with E-state index >= 15 is 0 Å². The van der Waals surface area contributed by atoms with Gasteiger partial charge >= 0.3 is 0 Å². The molecule has 0 spiro atoms. The zero-order chi connectivity index (χ0) is 14.3. The maximum absolute atomic E-state index is 11.9. The van der Waals surface area contributed by atoms with Crippen LogP contribution in [0.3, 0.4) is 0 Å². The number of hydrogen-bond donors (Lipinski definition) is 2. The van der Waals surface area contributed by atoms with Gasteiger partial charge in [0, 0.05) is 6.42 Å². The first-order valence-electron chi connectivity index (χ1n) is 6.99. The molecular formula is C16H26N2O. The second-order valence-corrected chi connectivity index (χ2v) is 5.90. The fraction of sp³-hybridized carbons (Fsp3) is 0.562. The summed E-state index contributed by atoms with van der Waals surface area (Å²) in [5.74, 6) is 0.112. The minimum Gasteiger partial charge on any atom is -0.350 e. The third-order valence-corrected chi connectivity index (χ3v) is 3.53. The minimum absolute atomic E-state index is 0.0614. The molecule has 1 aromatic carbocycles. The van der Waals surface area contributed by atoms with Crippen LogP contribution in [-0.2, 0) is 4.79 Å². The summed E-state index contributed by atoms with van der Waals surface area (Å²) >= 11 is 0. The molecule has 0 unspecified atom stereocenters. The van der Waals surface area contributed by atoms with Crippen molar-refractivity contribution in [1.29, 1.82) is 0 Å². The van der Waals surface area contributed by atoms with E-state index in [1.165, 1.54) is 0 Å². The van der Waals surface area contributed by atoms with Crippen LogP contribution in [0, 0.1) is 5.41 Å². The van der Waals surface area contributed by atoms with Crippen molar-refractivity contribution >= 4 is 5.91 Å². The van der Waals surface area contributed by atoms with Crippen molar-refractivity contribution < 1.29 is 4.79 Å². The molecule has 3 nitrogen and oxygen atoms in total. The summed E-state index contributed by atoms with van der Waals surface area (Å²) in [5, 5.41) is 3.04. The summed E-state index contributed by atoms with van der Waals surface area (Å²) in [4.78, 5) is 11.9. The van der Waals surface area contributed by atoms with Crippen molar-refractivity contribution in [3.8, 4) is 0 Å². The number of carbonyl (C=O) groups is 1. The zero-order valence-corrected chi connectivity index (χ0v) is 12.3. The highest BCUT2D eigenvalue weighted by Gasteiger charge is 2.19. The van der Waals surface area contributed by atoms with Gasteiger partial charge < -0.3 is 11.1 Å². The first kappa shape index (κ1) is 15.7. The van der Waals surface area contributed by atoms with Crippen molar-refractivity contribution in [3.63, 3.8) is 0 Å². The van der Waals surface area contributed by atoms with Crippen LogP contribution in [0.2, 0.25) is 0 Å². The largest absolute Gasteiger partial charge is 0.350 e. The third-order valence-electron chi connectivity index (χ3n) is 3.53. The number of hydrogen-bond acceptors (Lipinski definition) is 2. The summed E-state index contributed by atoms with van der Waals surface area (Å²) in [6, 6.07) is 10.1. The van der Waals surface area contributed by atoms with Gasteiger partial charge in [-0.3, -0.25) is 4.79 Å². The smallest absolute Gasteiger partial charge is 0.220 e. The average molecular weight is 262 g/mol. The number of carbonyl (C=O) groups excluding carboxylic acids is 1. The van der Waals surface area contributed by atoms with Crippen molar-refractivity contribution in [3.05, 3.63) is 35.9 Å². The molecule has 1 aromatic rings. The number of rotatable bonds is 7. The van der Waals surface area contributed by atoms with Crippen LogP contribution in [0.15, 0.2) is 30.3 Å². The normalized spacial score (nSPS) is 13.1. The lowest BCUT2D eigenvalue weighted by atomic mass is 9.84. The number of benzene rings is 1. The van der Waals surface area contributed by atoms with Crippen molar-refractivity contribution in [1.82, 2.24) is 5.32 Å². The molecule has 0 saturated carbocycles. The van der Waals surface area contributed by atoms with E-state index in [4.69, 9.17) is 5.73 Å². The molecule has 0 bridgehead atoms. The molecule has 19 heavy (non-hydrogen) atoms. The summed E-state index contributed by atoms with van der Waals surface area (Å²) in [6.07, 6.45) is 2.39. The SMILES string of the molecule is C[C@H](NC(=O)CCC(C)(C)CCN)c1ccccc1. The Labute approximate surface area is 116 Å². The molecule has 0 aliphatic heterocycles. The van der Waals surface area contributed by atoms with Gasteiger partial charge in [0.25, 0.3) is 0 Å². The quantitative estimate of drug-likeness (QED) is 0.793. The summed E-state index contributed by atoms with van der Waals surface area (Å²) in [6.45, 7) is 7.01. The van der Waals surface area contributed by atoms with Crippen LogP contribution >= 0.6 is 0 Å². The highest BCUT2D eigenvalue weighted by Crippen LogP contribution is 2.26. The summed E-state index contributed by atoms with van der Waals surface area (Å²) in [5.41, 5.74) is 6.85. The van der Waals surface area contributed by atoms with Crippen LogP contribution in [0.4, 0.5) is 0 Å². The first-order chi connectivity index (χ1) is 8.94. The van der Waals surface area contributed by atoms with Crippen molar-refractivity contribution in [2.75, 3.05) is 6.54 Å². The fourth-order valence-electron chi connectivity index (χ4n) is 2.11. The number of amides is 1. The van der Waals surface area contributed by atoms with Gasteiger partial charge in [-0.25, -0.2) is 0 Å². The van der Waals surface area contributed by atoms with Gasteiger partial charge in [0.15, 0.2) is 0 Å². The maximum Gasteiger partial charge on any atom is 0.220 e. The second-order valence-electron chi connectivity index (χ2n) is 5.90. The van der Waals surface area contributed by atoms with E-state index in [9.17, 15) is 4.79 Å². The Balaban J connectivity index is 2.39. The van der Waals surface area contributed by atoms with E-state index in [1.807, 2.05) is 37.3 Å². The predicted molar refractivity (Wildman–Crippen MR) is 79.7 cm³/mol. The molecule has 106 valence electrons. The lowest BCUT2D eigenvalue weighted by Crippen LogP contribution is -2.28. The van der Waals surface area contributed by atoms with Gasteiger partial charge in [-0.1, -0.05) is 44.2 Å². The highest BCUT2D eigenvalue weighted by atomic mass is 16.1. The standard InChI is InChI=1S/C16H26N2O/c1-13(14-7-5-4-6-8-14)18-15(19)9-10-16(2,3)11-12-17/h4-8,13H,9-12,17H2,1-3H3,(H,18,19)/t13-/m0/s1. The lowest BCUT2D eigenvalue weighted by Gasteiger charge is -2.24. The Morgan fingerprint density at radius 3 is 2.47 bits per heavy atom. The maximum atomic E-state index is 11.9. The molecule has 3 N–H and O–H groups in total. The highest BCUT2D eigenvalue weighted by molar-refractivity contribution is 5.76. The molecule has 1 amide bonds.